The van der Waals surface area contributed by atoms with Crippen molar-refractivity contribution in [1.29, 1.82) is 0 Å². The van der Waals surface area contributed by atoms with Crippen LogP contribution in [0, 0.1) is 0 Å². The number of hydrogen-bond donors (Lipinski definition) is 0. The van der Waals surface area contributed by atoms with E-state index in [-0.39, 0.29) is 11.9 Å². The van der Waals surface area contributed by atoms with Crippen LogP contribution in [0.3, 0.4) is 0 Å². The number of amides is 1. The number of hydrogen-bond acceptors (Lipinski definition) is 2. The highest BCUT2D eigenvalue weighted by Crippen LogP contribution is 2.31. The number of benzene rings is 1. The van der Waals surface area contributed by atoms with E-state index in [1.54, 1.807) is 4.90 Å². The number of likely N-dealkylation sites (N-methyl/N-ethyl adjacent to an activating group) is 1. The van der Waals surface area contributed by atoms with Gasteiger partial charge in [0.15, 0.2) is 0 Å². The molecule has 1 aromatic carbocycles. The van der Waals surface area contributed by atoms with Crippen molar-refractivity contribution in [2.75, 3.05) is 13.6 Å². The molecule has 1 amide bonds. The van der Waals surface area contributed by atoms with Crippen LogP contribution >= 0.6 is 23.2 Å². The largest absolute Gasteiger partial charge is 0.344 e. The van der Waals surface area contributed by atoms with Gasteiger partial charge in [0.25, 0.3) is 0 Å². The number of halogens is 2. The minimum absolute atomic E-state index is 0.191. The van der Waals surface area contributed by atoms with Crippen LogP contribution < -0.4 is 0 Å². The zero-order valence-corrected chi connectivity index (χ0v) is 12.7. The molecule has 106 valence electrons. The molecule has 6 heteroatoms. The normalized spacial score (nSPS) is 19.9. The molecule has 0 spiro atoms. The quantitative estimate of drug-likeness (QED) is 0.799. The molecule has 0 bridgehead atoms. The number of fused-ring (bicyclic) bond motifs is 1. The third-order valence-electron chi connectivity index (χ3n) is 3.83. The zero-order valence-electron chi connectivity index (χ0n) is 11.1. The molecule has 20 heavy (non-hydrogen) atoms. The summed E-state index contributed by atoms with van der Waals surface area (Å²) >= 11 is 12.2. The van der Waals surface area contributed by atoms with E-state index in [1.807, 2.05) is 25.2 Å². The van der Waals surface area contributed by atoms with Crippen LogP contribution in [0.2, 0.25) is 5.02 Å². The van der Waals surface area contributed by atoms with Gasteiger partial charge in [-0.1, -0.05) is 17.7 Å². The fraction of sp³-hybridized carbons (Fsp3) is 0.429. The van der Waals surface area contributed by atoms with E-state index < -0.39 is 0 Å². The third kappa shape index (κ3) is 2.17. The monoisotopic (exact) mass is 311 g/mol. The Morgan fingerprint density at radius 1 is 1.45 bits per heavy atom. The molecule has 0 saturated carbocycles. The second-order valence-electron chi connectivity index (χ2n) is 5.11. The highest BCUT2D eigenvalue weighted by molar-refractivity contribution is 6.35. The van der Waals surface area contributed by atoms with Crippen molar-refractivity contribution in [1.82, 2.24) is 14.5 Å². The Labute approximate surface area is 127 Å². The van der Waals surface area contributed by atoms with Gasteiger partial charge in [0.2, 0.25) is 5.91 Å². The fourth-order valence-electron chi connectivity index (χ4n) is 2.83. The summed E-state index contributed by atoms with van der Waals surface area (Å²) in [5.41, 5.74) is 1.77. The first-order valence-electron chi connectivity index (χ1n) is 6.57. The lowest BCUT2D eigenvalue weighted by Gasteiger charge is -2.31. The Morgan fingerprint density at radius 2 is 2.25 bits per heavy atom. The summed E-state index contributed by atoms with van der Waals surface area (Å²) in [6.07, 6.45) is 1.37. The summed E-state index contributed by atoms with van der Waals surface area (Å²) in [6.45, 7) is 0.681. The van der Waals surface area contributed by atoms with Gasteiger partial charge in [-0.15, -0.1) is 11.6 Å². The molecule has 2 aromatic rings. The maximum atomic E-state index is 11.6. The number of aromatic nitrogens is 2. The van der Waals surface area contributed by atoms with Crippen LogP contribution in [0.15, 0.2) is 18.2 Å². The molecular weight excluding hydrogens is 297 g/mol. The zero-order chi connectivity index (χ0) is 14.3. The number of carbonyl (C=O) groups is 1. The average Bonchev–Trinajstić information content (AvgIpc) is 2.82. The lowest BCUT2D eigenvalue weighted by Crippen LogP contribution is -2.38. The van der Waals surface area contributed by atoms with Crippen LogP contribution in [0.25, 0.3) is 11.0 Å². The predicted octanol–water partition coefficient (Wildman–Crippen LogP) is 3.22. The van der Waals surface area contributed by atoms with Crippen LogP contribution in [0.5, 0.6) is 0 Å². The molecule has 1 aromatic heterocycles. The standard InChI is InChI=1S/C14H15Cl2N3O/c1-18-8-9(5-6-13(18)20)19-11-4-2-3-10(16)14(11)17-12(19)7-15/h2-4,9H,5-8H2,1H3. The molecule has 2 heterocycles. The maximum Gasteiger partial charge on any atom is 0.222 e. The van der Waals surface area contributed by atoms with E-state index in [9.17, 15) is 4.79 Å². The first-order valence-corrected chi connectivity index (χ1v) is 7.48. The number of carbonyl (C=O) groups excluding carboxylic acids is 1. The Hall–Kier alpha value is -1.26. The van der Waals surface area contributed by atoms with Gasteiger partial charge in [-0.05, 0) is 18.6 Å². The van der Waals surface area contributed by atoms with Crippen LogP contribution in [-0.4, -0.2) is 34.0 Å². The minimum atomic E-state index is 0.191. The maximum absolute atomic E-state index is 11.6. The van der Waals surface area contributed by atoms with Gasteiger partial charge >= 0.3 is 0 Å². The molecule has 1 unspecified atom stereocenters. The van der Waals surface area contributed by atoms with E-state index in [0.29, 0.717) is 23.9 Å². The van der Waals surface area contributed by atoms with E-state index >= 15 is 0 Å². The van der Waals surface area contributed by atoms with E-state index in [1.165, 1.54) is 0 Å². The Balaban J connectivity index is 2.10. The Kier molecular flexibility index (Phi) is 3.61. The van der Waals surface area contributed by atoms with Crippen LogP contribution in [0.4, 0.5) is 0 Å². The first kappa shape index (κ1) is 13.7. The van der Waals surface area contributed by atoms with Gasteiger partial charge in [0, 0.05) is 20.0 Å². The second kappa shape index (κ2) is 5.26. The summed E-state index contributed by atoms with van der Waals surface area (Å²) in [5, 5.41) is 0.632. The molecule has 1 atom stereocenters. The molecular formula is C14H15Cl2N3O. The molecule has 0 N–H and O–H groups in total. The highest BCUT2D eigenvalue weighted by Gasteiger charge is 2.27. The summed E-state index contributed by atoms with van der Waals surface area (Å²) in [6, 6.07) is 5.95. The Bertz CT molecular complexity index is 668. The van der Waals surface area contributed by atoms with Crippen molar-refractivity contribution in [3.63, 3.8) is 0 Å². The smallest absolute Gasteiger partial charge is 0.222 e. The molecule has 3 rings (SSSR count). The van der Waals surface area contributed by atoms with Gasteiger partial charge in [0.1, 0.15) is 11.3 Å². The van der Waals surface area contributed by atoms with Crippen molar-refractivity contribution < 1.29 is 4.79 Å². The molecule has 1 aliphatic heterocycles. The van der Waals surface area contributed by atoms with E-state index in [2.05, 4.69) is 9.55 Å². The minimum Gasteiger partial charge on any atom is -0.344 e. The number of nitrogens with zero attached hydrogens (tertiary/aromatic N) is 3. The highest BCUT2D eigenvalue weighted by atomic mass is 35.5. The summed E-state index contributed by atoms with van der Waals surface area (Å²) in [5.74, 6) is 1.33. The Morgan fingerprint density at radius 3 is 2.95 bits per heavy atom. The van der Waals surface area contributed by atoms with E-state index in [4.69, 9.17) is 23.2 Å². The topological polar surface area (TPSA) is 38.1 Å². The summed E-state index contributed by atoms with van der Waals surface area (Å²) in [7, 11) is 1.83. The first-order chi connectivity index (χ1) is 9.61. The van der Waals surface area contributed by atoms with Gasteiger partial charge in [-0.2, -0.15) is 0 Å². The van der Waals surface area contributed by atoms with Crippen LogP contribution in [-0.2, 0) is 10.7 Å². The number of alkyl halides is 1. The number of para-hydroxylation sites is 1. The van der Waals surface area contributed by atoms with Crippen molar-refractivity contribution in [3.8, 4) is 0 Å². The lowest BCUT2D eigenvalue weighted by atomic mass is 10.1. The molecule has 0 radical (unpaired) electrons. The molecule has 1 saturated heterocycles. The van der Waals surface area contributed by atoms with Crippen LogP contribution in [0.1, 0.15) is 24.7 Å². The number of rotatable bonds is 2. The van der Waals surface area contributed by atoms with Gasteiger partial charge in [-0.25, -0.2) is 4.98 Å². The van der Waals surface area contributed by atoms with E-state index in [0.717, 1.165) is 23.3 Å². The van der Waals surface area contributed by atoms with Crippen molar-refractivity contribution >= 4 is 40.1 Å². The fourth-order valence-corrected chi connectivity index (χ4v) is 3.23. The SMILES string of the molecule is CN1CC(n2c(CCl)nc3c(Cl)cccc32)CCC1=O. The third-order valence-corrected chi connectivity index (χ3v) is 4.37. The number of likely N-dealkylation sites (tertiary alicyclic amines) is 1. The predicted molar refractivity (Wildman–Crippen MR) is 80.2 cm³/mol. The summed E-state index contributed by atoms with van der Waals surface area (Å²) < 4.78 is 2.14. The van der Waals surface area contributed by atoms with Gasteiger partial charge in [0.05, 0.1) is 22.5 Å². The molecule has 1 aliphatic rings. The van der Waals surface area contributed by atoms with Crippen molar-refractivity contribution in [3.05, 3.63) is 29.0 Å². The lowest BCUT2D eigenvalue weighted by molar-refractivity contribution is -0.132. The van der Waals surface area contributed by atoms with Crippen molar-refractivity contribution in [2.24, 2.45) is 0 Å². The molecule has 1 fully saturated rings. The number of piperidine rings is 1. The second-order valence-corrected chi connectivity index (χ2v) is 5.78. The molecule has 0 aliphatic carbocycles. The van der Waals surface area contributed by atoms with Crippen molar-refractivity contribution in [2.45, 2.75) is 24.8 Å². The van der Waals surface area contributed by atoms with Gasteiger partial charge in [-0.3, -0.25) is 4.79 Å². The average molecular weight is 312 g/mol. The summed E-state index contributed by atoms with van der Waals surface area (Å²) in [4.78, 5) is 17.9. The molecule has 4 nitrogen and oxygen atoms in total. The van der Waals surface area contributed by atoms with Gasteiger partial charge < -0.3 is 9.47 Å². The number of imidazole rings is 1.